The Hall–Kier alpha value is -3.30. The zero-order chi connectivity index (χ0) is 22.6. The molecule has 0 aliphatic rings. The summed E-state index contributed by atoms with van der Waals surface area (Å²) in [5.41, 5.74) is 6.63. The number of aromatic nitrogens is 1. The molecule has 3 heteroatoms. The van der Waals surface area contributed by atoms with Gasteiger partial charge in [-0.3, -0.25) is 0 Å². The Bertz CT molecular complexity index is 1890. The fourth-order valence-electron chi connectivity index (χ4n) is 5.51. The van der Waals surface area contributed by atoms with Crippen LogP contribution in [0.2, 0.25) is 0 Å². The molecule has 3 aromatic heterocycles. The quantitative estimate of drug-likeness (QED) is 0.245. The highest BCUT2D eigenvalue weighted by atomic mass is 32.1. The molecule has 2 nitrogen and oxygen atoms in total. The van der Waals surface area contributed by atoms with E-state index in [1.165, 1.54) is 69.4 Å². The number of nitrogens with zero attached hydrogens (tertiary/aromatic N) is 1. The standard InChI is InChI=1S/C30H25NOS/c1-16-6-7-17-13-21-20-9-10-24(32-5)26-27(20)31(23(21)14-18(17)12-16)28-22-15-19(30(2,3)4)8-11-25(22)33-29(26)28/h6-15H,1-5H3. The van der Waals surface area contributed by atoms with Crippen LogP contribution in [-0.2, 0) is 5.41 Å². The monoisotopic (exact) mass is 447 g/mol. The van der Waals surface area contributed by atoms with Crippen molar-refractivity contribution in [3.63, 3.8) is 0 Å². The smallest absolute Gasteiger partial charge is 0.129 e. The Morgan fingerprint density at radius 1 is 0.788 bits per heavy atom. The van der Waals surface area contributed by atoms with Crippen LogP contribution in [0.15, 0.2) is 60.7 Å². The summed E-state index contributed by atoms with van der Waals surface area (Å²) in [4.78, 5) is 0. The van der Waals surface area contributed by atoms with Gasteiger partial charge in [0.15, 0.2) is 0 Å². The molecular weight excluding hydrogens is 422 g/mol. The van der Waals surface area contributed by atoms with E-state index < -0.39 is 0 Å². The lowest BCUT2D eigenvalue weighted by Crippen LogP contribution is -2.10. The number of benzene rings is 4. The first kappa shape index (κ1) is 19.2. The van der Waals surface area contributed by atoms with Crippen LogP contribution in [-0.4, -0.2) is 11.5 Å². The van der Waals surface area contributed by atoms with Gasteiger partial charge in [-0.15, -0.1) is 11.3 Å². The van der Waals surface area contributed by atoms with E-state index in [9.17, 15) is 0 Å². The molecule has 0 aliphatic heterocycles. The summed E-state index contributed by atoms with van der Waals surface area (Å²) in [7, 11) is 1.78. The van der Waals surface area contributed by atoms with E-state index in [1.807, 2.05) is 11.3 Å². The molecular formula is C30H25NOS. The van der Waals surface area contributed by atoms with Crippen LogP contribution < -0.4 is 4.74 Å². The Morgan fingerprint density at radius 3 is 2.42 bits per heavy atom. The zero-order valence-electron chi connectivity index (χ0n) is 19.5. The van der Waals surface area contributed by atoms with Gasteiger partial charge in [-0.05, 0) is 65.1 Å². The van der Waals surface area contributed by atoms with Gasteiger partial charge in [0.25, 0.3) is 0 Å². The van der Waals surface area contributed by atoms with E-state index in [0.29, 0.717) is 0 Å². The van der Waals surface area contributed by atoms with Crippen molar-refractivity contribution in [2.45, 2.75) is 33.1 Å². The van der Waals surface area contributed by atoms with Crippen molar-refractivity contribution in [1.29, 1.82) is 0 Å². The van der Waals surface area contributed by atoms with E-state index in [2.05, 4.69) is 92.8 Å². The molecule has 0 fully saturated rings. The molecule has 0 radical (unpaired) electrons. The molecule has 0 spiro atoms. The third-order valence-corrected chi connectivity index (χ3v) is 8.38. The molecule has 162 valence electrons. The molecule has 0 atom stereocenters. The van der Waals surface area contributed by atoms with Crippen LogP contribution in [0.1, 0.15) is 31.9 Å². The maximum Gasteiger partial charge on any atom is 0.129 e. The Labute approximate surface area is 196 Å². The number of ether oxygens (including phenoxy) is 1. The first-order valence-corrected chi connectivity index (χ1v) is 12.3. The average molecular weight is 448 g/mol. The molecule has 0 saturated carbocycles. The van der Waals surface area contributed by atoms with Crippen molar-refractivity contribution >= 4 is 69.6 Å². The topological polar surface area (TPSA) is 13.6 Å². The molecule has 0 unspecified atom stereocenters. The largest absolute Gasteiger partial charge is 0.496 e. The maximum atomic E-state index is 5.89. The molecule has 0 amide bonds. The van der Waals surface area contributed by atoms with Gasteiger partial charge in [0.2, 0.25) is 0 Å². The van der Waals surface area contributed by atoms with Crippen molar-refractivity contribution in [2.75, 3.05) is 7.11 Å². The van der Waals surface area contributed by atoms with Gasteiger partial charge in [-0.25, -0.2) is 0 Å². The van der Waals surface area contributed by atoms with Gasteiger partial charge in [0.1, 0.15) is 5.75 Å². The van der Waals surface area contributed by atoms with Gasteiger partial charge in [-0.2, -0.15) is 0 Å². The molecule has 3 heterocycles. The highest BCUT2D eigenvalue weighted by Gasteiger charge is 2.25. The van der Waals surface area contributed by atoms with Crippen molar-refractivity contribution < 1.29 is 4.74 Å². The van der Waals surface area contributed by atoms with E-state index in [4.69, 9.17) is 4.74 Å². The first-order chi connectivity index (χ1) is 15.8. The summed E-state index contributed by atoms with van der Waals surface area (Å²) in [5.74, 6) is 0.952. The fraction of sp³-hybridized carbons (Fsp3) is 0.200. The van der Waals surface area contributed by atoms with Crippen LogP contribution in [0.3, 0.4) is 0 Å². The Balaban J connectivity index is 1.78. The summed E-state index contributed by atoms with van der Waals surface area (Å²) >= 11 is 1.88. The molecule has 7 aromatic rings. The summed E-state index contributed by atoms with van der Waals surface area (Å²) in [6.45, 7) is 9.03. The second-order valence-electron chi connectivity index (χ2n) is 10.3. The minimum atomic E-state index is 0.105. The van der Waals surface area contributed by atoms with E-state index >= 15 is 0 Å². The molecule has 0 N–H and O–H groups in total. The normalized spacial score (nSPS) is 13.0. The Morgan fingerprint density at radius 2 is 1.64 bits per heavy atom. The molecule has 7 rings (SSSR count). The minimum Gasteiger partial charge on any atom is -0.496 e. The van der Waals surface area contributed by atoms with Gasteiger partial charge in [0, 0.05) is 20.9 Å². The number of methoxy groups -OCH3 is 1. The predicted octanol–water partition coefficient (Wildman–Crippen LogP) is 8.82. The van der Waals surface area contributed by atoms with E-state index in [1.54, 1.807) is 7.11 Å². The molecule has 4 aromatic carbocycles. The van der Waals surface area contributed by atoms with Gasteiger partial charge < -0.3 is 9.14 Å². The van der Waals surface area contributed by atoms with Crippen LogP contribution in [0.5, 0.6) is 5.75 Å². The first-order valence-electron chi connectivity index (χ1n) is 11.5. The lowest BCUT2D eigenvalue weighted by molar-refractivity contribution is 0.420. The third kappa shape index (κ3) is 2.43. The van der Waals surface area contributed by atoms with Crippen molar-refractivity contribution in [1.82, 2.24) is 4.40 Å². The second-order valence-corrected chi connectivity index (χ2v) is 11.4. The predicted molar refractivity (Wildman–Crippen MR) is 144 cm³/mol. The SMILES string of the molecule is COc1ccc2c3cc4ccc(C)cc4cc3n3c4c5cc(C(C)(C)C)ccc5sc4c1c23. The summed E-state index contributed by atoms with van der Waals surface area (Å²) in [6.07, 6.45) is 0. The molecule has 0 bridgehead atoms. The van der Waals surface area contributed by atoms with Gasteiger partial charge in [0.05, 0.1) is 33.7 Å². The Kier molecular flexibility index (Phi) is 3.59. The summed E-state index contributed by atoms with van der Waals surface area (Å²) in [5, 5.41) is 7.76. The van der Waals surface area contributed by atoms with Gasteiger partial charge in [-0.1, -0.05) is 50.6 Å². The van der Waals surface area contributed by atoms with Crippen LogP contribution in [0.25, 0.3) is 58.3 Å². The zero-order valence-corrected chi connectivity index (χ0v) is 20.4. The molecule has 33 heavy (non-hydrogen) atoms. The lowest BCUT2D eigenvalue weighted by atomic mass is 9.86. The fourth-order valence-corrected chi connectivity index (χ4v) is 6.73. The molecule has 0 aliphatic carbocycles. The highest BCUT2D eigenvalue weighted by Crippen LogP contribution is 2.49. The number of thiophene rings is 1. The summed E-state index contributed by atoms with van der Waals surface area (Å²) < 4.78 is 11.0. The third-order valence-electron chi connectivity index (χ3n) is 7.20. The van der Waals surface area contributed by atoms with Crippen LogP contribution in [0.4, 0.5) is 0 Å². The van der Waals surface area contributed by atoms with Crippen molar-refractivity contribution in [2.24, 2.45) is 0 Å². The van der Waals surface area contributed by atoms with Crippen LogP contribution in [0, 0.1) is 6.92 Å². The van der Waals surface area contributed by atoms with Crippen molar-refractivity contribution in [3.05, 3.63) is 71.8 Å². The number of rotatable bonds is 1. The van der Waals surface area contributed by atoms with Crippen LogP contribution >= 0.6 is 11.3 Å². The number of hydrogen-bond donors (Lipinski definition) is 0. The average Bonchev–Trinajstić information content (AvgIpc) is 3.41. The second kappa shape index (κ2) is 6.18. The number of fused-ring (bicyclic) bond motifs is 9. The lowest BCUT2D eigenvalue weighted by Gasteiger charge is -2.18. The summed E-state index contributed by atoms with van der Waals surface area (Å²) in [6, 6.07) is 22.8. The highest BCUT2D eigenvalue weighted by molar-refractivity contribution is 7.26. The van der Waals surface area contributed by atoms with E-state index in [-0.39, 0.29) is 5.41 Å². The van der Waals surface area contributed by atoms with E-state index in [0.717, 1.165) is 5.75 Å². The number of aryl methyl sites for hydroxylation is 1. The number of hydrogen-bond acceptors (Lipinski definition) is 2. The van der Waals surface area contributed by atoms with Gasteiger partial charge >= 0.3 is 0 Å². The maximum absolute atomic E-state index is 5.89. The molecule has 0 saturated heterocycles. The van der Waals surface area contributed by atoms with Crippen molar-refractivity contribution in [3.8, 4) is 5.75 Å². The minimum absolute atomic E-state index is 0.105.